The van der Waals surface area contributed by atoms with Gasteiger partial charge < -0.3 is 10.6 Å². The van der Waals surface area contributed by atoms with Gasteiger partial charge in [-0.3, -0.25) is 15.0 Å². The number of urea groups is 1. The van der Waals surface area contributed by atoms with Gasteiger partial charge in [-0.2, -0.15) is 0 Å². The van der Waals surface area contributed by atoms with Gasteiger partial charge in [0, 0.05) is 6.04 Å². The van der Waals surface area contributed by atoms with E-state index in [2.05, 4.69) is 20.9 Å². The third kappa shape index (κ3) is 6.87. The van der Waals surface area contributed by atoms with E-state index in [4.69, 9.17) is 0 Å². The third-order valence-electron chi connectivity index (χ3n) is 5.07. The number of imide groups is 1. The van der Waals surface area contributed by atoms with Crippen LogP contribution in [0.3, 0.4) is 0 Å². The lowest BCUT2D eigenvalue weighted by atomic mass is 9.93. The van der Waals surface area contributed by atoms with Crippen molar-refractivity contribution >= 4 is 11.9 Å². The quantitative estimate of drug-likeness (QED) is 0.692. The molecule has 2 fully saturated rings. The molecule has 0 aromatic carbocycles. The maximum absolute atomic E-state index is 12.0. The van der Waals surface area contributed by atoms with Crippen LogP contribution in [0.4, 0.5) is 4.79 Å². The maximum Gasteiger partial charge on any atom is 0.321 e. The molecule has 132 valence electrons. The summed E-state index contributed by atoms with van der Waals surface area (Å²) in [5.74, 6) is 0.573. The number of nitrogens with zero attached hydrogens (tertiary/aromatic N) is 1. The predicted molar refractivity (Wildman–Crippen MR) is 91.3 cm³/mol. The minimum Gasteiger partial charge on any atom is -0.335 e. The zero-order chi connectivity index (χ0) is 16.5. The number of carbonyl (C=O) groups excluding carboxylic acids is 2. The van der Waals surface area contributed by atoms with E-state index in [-0.39, 0.29) is 18.0 Å². The normalized spacial score (nSPS) is 21.1. The van der Waals surface area contributed by atoms with Crippen molar-refractivity contribution in [2.45, 2.75) is 57.4 Å². The fourth-order valence-corrected chi connectivity index (χ4v) is 3.62. The summed E-state index contributed by atoms with van der Waals surface area (Å²) in [6.45, 7) is 3.29. The van der Waals surface area contributed by atoms with Gasteiger partial charge >= 0.3 is 6.03 Å². The summed E-state index contributed by atoms with van der Waals surface area (Å²) >= 11 is 0. The van der Waals surface area contributed by atoms with Crippen LogP contribution in [0.1, 0.15) is 51.4 Å². The molecule has 2 aliphatic rings. The van der Waals surface area contributed by atoms with Gasteiger partial charge in [-0.15, -0.1) is 0 Å². The lowest BCUT2D eigenvalue weighted by molar-refractivity contribution is -0.121. The number of likely N-dealkylation sites (tertiary alicyclic amines) is 1. The molecule has 1 heterocycles. The molecule has 1 saturated carbocycles. The van der Waals surface area contributed by atoms with Crippen LogP contribution >= 0.6 is 0 Å². The Bertz CT molecular complexity index is 375. The van der Waals surface area contributed by atoms with Crippen LogP contribution in [0.5, 0.6) is 0 Å². The summed E-state index contributed by atoms with van der Waals surface area (Å²) in [6.07, 6.45) is 9.14. The molecule has 3 amide bonds. The molecule has 1 aliphatic heterocycles. The molecule has 1 aliphatic carbocycles. The predicted octanol–water partition coefficient (Wildman–Crippen LogP) is 1.47. The molecule has 6 nitrogen and oxygen atoms in total. The Morgan fingerprint density at radius 1 is 1.04 bits per heavy atom. The van der Waals surface area contributed by atoms with Crippen LogP contribution in [0.25, 0.3) is 0 Å². The van der Waals surface area contributed by atoms with Crippen molar-refractivity contribution in [2.24, 2.45) is 5.92 Å². The molecular formula is C17H32N4O2. The van der Waals surface area contributed by atoms with Crippen LogP contribution < -0.4 is 16.0 Å². The monoisotopic (exact) mass is 324 g/mol. The van der Waals surface area contributed by atoms with E-state index < -0.39 is 0 Å². The van der Waals surface area contributed by atoms with Crippen molar-refractivity contribution in [2.75, 3.05) is 33.2 Å². The molecule has 3 N–H and O–H groups in total. The van der Waals surface area contributed by atoms with Crippen molar-refractivity contribution in [3.05, 3.63) is 0 Å². The van der Waals surface area contributed by atoms with Gasteiger partial charge in [-0.05, 0) is 64.7 Å². The summed E-state index contributed by atoms with van der Waals surface area (Å²) in [5, 5.41) is 8.59. The van der Waals surface area contributed by atoms with Crippen LogP contribution in [0, 0.1) is 5.92 Å². The summed E-state index contributed by atoms with van der Waals surface area (Å²) in [6, 6.07) is -0.0923. The van der Waals surface area contributed by atoms with Crippen molar-refractivity contribution in [3.8, 4) is 0 Å². The van der Waals surface area contributed by atoms with Gasteiger partial charge in [-0.1, -0.05) is 19.3 Å². The highest BCUT2D eigenvalue weighted by atomic mass is 16.2. The average molecular weight is 324 g/mol. The first kappa shape index (κ1) is 18.2. The van der Waals surface area contributed by atoms with Crippen LogP contribution in [-0.4, -0.2) is 56.1 Å². The topological polar surface area (TPSA) is 73.5 Å². The van der Waals surface area contributed by atoms with Gasteiger partial charge in [-0.25, -0.2) is 4.79 Å². The molecule has 23 heavy (non-hydrogen) atoms. The second-order valence-electron chi connectivity index (χ2n) is 6.97. The van der Waals surface area contributed by atoms with Gasteiger partial charge in [0.1, 0.15) is 0 Å². The number of nitrogens with one attached hydrogen (secondary N) is 3. The summed E-state index contributed by atoms with van der Waals surface area (Å²) in [4.78, 5) is 26.0. The third-order valence-corrected chi connectivity index (χ3v) is 5.07. The number of rotatable bonds is 6. The number of hydrogen-bond acceptors (Lipinski definition) is 4. The van der Waals surface area contributed by atoms with Gasteiger partial charge in [0.2, 0.25) is 5.91 Å². The smallest absolute Gasteiger partial charge is 0.321 e. The SMILES string of the molecule is CNCCC1CCN(CC(=O)NC(=O)NC2CCCCC2)CC1. The van der Waals surface area contributed by atoms with Crippen LogP contribution in [0.15, 0.2) is 0 Å². The Morgan fingerprint density at radius 3 is 2.39 bits per heavy atom. The second-order valence-corrected chi connectivity index (χ2v) is 6.97. The fourth-order valence-electron chi connectivity index (χ4n) is 3.62. The van der Waals surface area contributed by atoms with E-state index in [9.17, 15) is 9.59 Å². The molecule has 0 unspecified atom stereocenters. The Hall–Kier alpha value is -1.14. The Balaban J connectivity index is 1.60. The molecule has 0 radical (unpaired) electrons. The Kier molecular flexibility index (Phi) is 7.82. The Labute approximate surface area is 139 Å². The zero-order valence-electron chi connectivity index (χ0n) is 14.4. The molecular weight excluding hydrogens is 292 g/mol. The molecule has 1 saturated heterocycles. The van der Waals surface area contributed by atoms with Crippen molar-refractivity contribution < 1.29 is 9.59 Å². The Morgan fingerprint density at radius 2 is 1.74 bits per heavy atom. The van der Waals surface area contributed by atoms with Gasteiger partial charge in [0.25, 0.3) is 0 Å². The fraction of sp³-hybridized carbons (Fsp3) is 0.882. The molecule has 0 aromatic rings. The van der Waals surface area contributed by atoms with Crippen molar-refractivity contribution in [1.29, 1.82) is 0 Å². The molecule has 0 aromatic heterocycles. The van der Waals surface area contributed by atoms with E-state index in [1.165, 1.54) is 25.7 Å². The highest BCUT2D eigenvalue weighted by Gasteiger charge is 2.22. The van der Waals surface area contributed by atoms with E-state index >= 15 is 0 Å². The minimum atomic E-state index is -0.328. The maximum atomic E-state index is 12.0. The van der Waals surface area contributed by atoms with E-state index in [1.54, 1.807) is 0 Å². The lowest BCUT2D eigenvalue weighted by Crippen LogP contribution is -2.49. The van der Waals surface area contributed by atoms with Crippen LogP contribution in [-0.2, 0) is 4.79 Å². The summed E-state index contributed by atoms with van der Waals surface area (Å²) in [5.41, 5.74) is 0. The van der Waals surface area contributed by atoms with Gasteiger partial charge in [0.05, 0.1) is 6.54 Å². The summed E-state index contributed by atoms with van der Waals surface area (Å²) < 4.78 is 0. The van der Waals surface area contributed by atoms with Crippen molar-refractivity contribution in [3.63, 3.8) is 0 Å². The average Bonchev–Trinajstić information content (AvgIpc) is 2.55. The molecule has 2 rings (SSSR count). The first-order valence-electron chi connectivity index (χ1n) is 9.14. The van der Waals surface area contributed by atoms with E-state index in [0.29, 0.717) is 6.54 Å². The highest BCUT2D eigenvalue weighted by molar-refractivity contribution is 5.95. The molecule has 0 atom stereocenters. The lowest BCUT2D eigenvalue weighted by Gasteiger charge is -2.31. The number of hydrogen-bond donors (Lipinski definition) is 3. The first-order chi connectivity index (χ1) is 11.2. The molecule has 6 heteroatoms. The molecule has 0 spiro atoms. The standard InChI is InChI=1S/C17H32N4O2/c1-18-10-7-14-8-11-21(12-9-14)13-16(22)20-17(23)19-15-5-3-2-4-6-15/h14-15,18H,2-13H2,1H3,(H2,19,20,22,23). The zero-order valence-corrected chi connectivity index (χ0v) is 14.4. The highest BCUT2D eigenvalue weighted by Crippen LogP contribution is 2.19. The summed E-state index contributed by atoms with van der Waals surface area (Å²) in [7, 11) is 1.98. The largest absolute Gasteiger partial charge is 0.335 e. The minimum absolute atomic E-state index is 0.188. The second kappa shape index (κ2) is 9.88. The van der Waals surface area contributed by atoms with Crippen LogP contribution in [0.2, 0.25) is 0 Å². The molecule has 0 bridgehead atoms. The van der Waals surface area contributed by atoms with Gasteiger partial charge in [0.15, 0.2) is 0 Å². The number of carbonyl (C=O) groups is 2. The van der Waals surface area contributed by atoms with E-state index in [1.807, 2.05) is 7.05 Å². The first-order valence-corrected chi connectivity index (χ1v) is 9.14. The number of amides is 3. The van der Waals surface area contributed by atoms with Crippen molar-refractivity contribution in [1.82, 2.24) is 20.9 Å². The number of piperidine rings is 1. The van der Waals surface area contributed by atoms with E-state index in [0.717, 1.165) is 51.2 Å².